The molecule has 4 aromatic rings. The Kier molecular flexibility index (Phi) is 8.75. The van der Waals surface area contributed by atoms with E-state index in [0.717, 1.165) is 31.5 Å². The van der Waals surface area contributed by atoms with Crippen molar-refractivity contribution in [1.29, 1.82) is 0 Å². The normalized spacial score (nSPS) is 14.4. The number of methoxy groups -OCH3 is 1. The lowest BCUT2D eigenvalue weighted by molar-refractivity contribution is 0.0946. The monoisotopic (exact) mass is 579 g/mol. The Hall–Kier alpha value is -4.49. The number of likely N-dealkylation sites (tertiary alicyclic amines) is 1. The van der Waals surface area contributed by atoms with E-state index in [2.05, 4.69) is 43.0 Å². The maximum Gasteiger partial charge on any atom is 0.293 e. The van der Waals surface area contributed by atoms with Gasteiger partial charge in [0.25, 0.3) is 5.91 Å². The van der Waals surface area contributed by atoms with Gasteiger partial charge in [-0.2, -0.15) is 9.78 Å². The van der Waals surface area contributed by atoms with Crippen molar-refractivity contribution < 1.29 is 18.9 Å². The van der Waals surface area contributed by atoms with Crippen LogP contribution in [-0.2, 0) is 13.2 Å². The quantitative estimate of drug-likeness (QED) is 0.210. The fourth-order valence-electron chi connectivity index (χ4n) is 4.40. The first-order valence-electron chi connectivity index (χ1n) is 13.0. The first-order valence-corrected chi connectivity index (χ1v) is 13.4. The highest BCUT2D eigenvalue weighted by Crippen LogP contribution is 2.28. The van der Waals surface area contributed by atoms with Crippen molar-refractivity contribution in [2.45, 2.75) is 32.9 Å². The van der Waals surface area contributed by atoms with Gasteiger partial charge in [0.05, 0.1) is 19.0 Å². The van der Waals surface area contributed by atoms with Gasteiger partial charge >= 0.3 is 0 Å². The molecule has 214 valence electrons. The highest BCUT2D eigenvalue weighted by atomic mass is 35.5. The van der Waals surface area contributed by atoms with Crippen molar-refractivity contribution in [2.75, 3.05) is 25.9 Å². The second kappa shape index (κ2) is 12.8. The van der Waals surface area contributed by atoms with Crippen molar-refractivity contribution in [3.05, 3.63) is 70.0 Å². The van der Waals surface area contributed by atoms with Crippen LogP contribution in [0.25, 0.3) is 5.82 Å². The van der Waals surface area contributed by atoms with Crippen LogP contribution in [0, 0.1) is 5.92 Å². The Morgan fingerprint density at radius 1 is 1.20 bits per heavy atom. The third-order valence-corrected chi connectivity index (χ3v) is 7.05. The SMILES string of the molecule is COc1cc(C=NNC(=O)c2nnn(-c3nonc3N)c2CN2CCC(C)CC2)ccc1OCc1ccc(Cl)cc1. The number of anilines is 1. The number of nitrogens with two attached hydrogens (primary N) is 1. The molecular formula is C27H30ClN9O4. The molecule has 1 amide bonds. The predicted molar refractivity (Wildman–Crippen MR) is 151 cm³/mol. The Labute approximate surface area is 241 Å². The van der Waals surface area contributed by atoms with Crippen molar-refractivity contribution in [1.82, 2.24) is 35.6 Å². The third-order valence-electron chi connectivity index (χ3n) is 6.80. The Morgan fingerprint density at radius 3 is 2.68 bits per heavy atom. The van der Waals surface area contributed by atoms with Crippen LogP contribution in [0.3, 0.4) is 0 Å². The van der Waals surface area contributed by atoms with Crippen LogP contribution in [0.4, 0.5) is 5.82 Å². The molecule has 0 spiro atoms. The number of carbonyl (C=O) groups is 1. The van der Waals surface area contributed by atoms with E-state index < -0.39 is 5.91 Å². The number of piperidine rings is 1. The number of benzene rings is 2. The molecule has 3 N–H and O–H groups in total. The number of hydrazone groups is 1. The van der Waals surface area contributed by atoms with E-state index in [4.69, 9.17) is 31.4 Å². The van der Waals surface area contributed by atoms with Gasteiger partial charge in [-0.1, -0.05) is 35.9 Å². The molecule has 0 bridgehead atoms. The van der Waals surface area contributed by atoms with Gasteiger partial charge in [0, 0.05) is 11.6 Å². The molecule has 2 aromatic heterocycles. The van der Waals surface area contributed by atoms with E-state index in [1.807, 2.05) is 24.3 Å². The zero-order chi connectivity index (χ0) is 28.8. The van der Waals surface area contributed by atoms with E-state index >= 15 is 0 Å². The molecule has 0 saturated carbocycles. The Morgan fingerprint density at radius 2 is 1.98 bits per heavy atom. The summed E-state index contributed by atoms with van der Waals surface area (Å²) in [5.74, 6) is 1.43. The van der Waals surface area contributed by atoms with Gasteiger partial charge in [0.2, 0.25) is 11.6 Å². The van der Waals surface area contributed by atoms with E-state index in [1.165, 1.54) is 10.9 Å². The molecular weight excluding hydrogens is 550 g/mol. The number of carbonyl (C=O) groups excluding carboxylic acids is 1. The van der Waals surface area contributed by atoms with E-state index in [-0.39, 0.29) is 17.3 Å². The van der Waals surface area contributed by atoms with Crippen LogP contribution in [0.1, 0.15) is 47.1 Å². The van der Waals surface area contributed by atoms with Crippen molar-refractivity contribution in [3.8, 4) is 17.3 Å². The summed E-state index contributed by atoms with van der Waals surface area (Å²) in [4.78, 5) is 15.4. The highest BCUT2D eigenvalue weighted by Gasteiger charge is 2.26. The molecule has 14 heteroatoms. The second-order valence-corrected chi connectivity index (χ2v) is 10.2. The van der Waals surface area contributed by atoms with Crippen molar-refractivity contribution in [2.24, 2.45) is 11.0 Å². The molecule has 5 rings (SSSR count). The molecule has 0 atom stereocenters. The standard InChI is InChI=1S/C27H30ClN9O4/c1-17-9-11-36(12-10-17)15-21-24(31-35-37(21)26-25(29)33-41-34-26)27(38)32-30-14-19-5-8-22(23(13-19)39-2)40-16-18-3-6-20(28)7-4-18/h3-8,13-14,17H,9-12,15-16H2,1-2H3,(H2,29,33)(H,32,38). The van der Waals surface area contributed by atoms with Crippen LogP contribution < -0.4 is 20.6 Å². The number of nitrogens with one attached hydrogen (secondary N) is 1. The van der Waals surface area contributed by atoms with E-state index in [1.54, 1.807) is 25.3 Å². The molecule has 0 unspecified atom stereocenters. The van der Waals surface area contributed by atoms with Crippen molar-refractivity contribution >= 4 is 29.5 Å². The summed E-state index contributed by atoms with van der Waals surface area (Å²) in [5, 5.41) is 20.4. The molecule has 0 radical (unpaired) electrons. The second-order valence-electron chi connectivity index (χ2n) is 9.75. The smallest absolute Gasteiger partial charge is 0.293 e. The van der Waals surface area contributed by atoms with Crippen LogP contribution in [0.5, 0.6) is 11.5 Å². The van der Waals surface area contributed by atoms with Gasteiger partial charge in [-0.15, -0.1) is 5.10 Å². The minimum absolute atomic E-state index is 0.0444. The number of hydrogen-bond acceptors (Lipinski definition) is 11. The lowest BCUT2D eigenvalue weighted by atomic mass is 9.99. The van der Waals surface area contributed by atoms with Crippen LogP contribution >= 0.6 is 11.6 Å². The summed E-state index contributed by atoms with van der Waals surface area (Å²) in [5.41, 5.74) is 10.7. The molecule has 1 aliphatic rings. The average Bonchev–Trinajstić information content (AvgIpc) is 3.59. The summed E-state index contributed by atoms with van der Waals surface area (Å²) in [7, 11) is 1.55. The van der Waals surface area contributed by atoms with Gasteiger partial charge < -0.3 is 15.2 Å². The van der Waals surface area contributed by atoms with Gasteiger partial charge in [0.1, 0.15) is 6.61 Å². The zero-order valence-electron chi connectivity index (χ0n) is 22.7. The summed E-state index contributed by atoms with van der Waals surface area (Å²) >= 11 is 5.95. The summed E-state index contributed by atoms with van der Waals surface area (Å²) in [6.07, 6.45) is 3.63. The molecule has 1 aliphatic heterocycles. The number of nitrogen functional groups attached to an aromatic ring is 1. The number of amides is 1. The fraction of sp³-hybridized carbons (Fsp3) is 0.333. The molecule has 1 fully saturated rings. The molecule has 41 heavy (non-hydrogen) atoms. The number of aromatic nitrogens is 5. The number of nitrogens with zero attached hydrogens (tertiary/aromatic N) is 7. The van der Waals surface area contributed by atoms with Crippen molar-refractivity contribution in [3.63, 3.8) is 0 Å². The molecule has 0 aliphatic carbocycles. The molecule has 2 aromatic carbocycles. The Bertz CT molecular complexity index is 1510. The van der Waals surface area contributed by atoms with Crippen LogP contribution in [-0.4, -0.2) is 62.5 Å². The van der Waals surface area contributed by atoms with Crippen LogP contribution in [0.2, 0.25) is 5.02 Å². The fourth-order valence-corrected chi connectivity index (χ4v) is 4.53. The first kappa shape index (κ1) is 28.1. The topological polar surface area (TPSA) is 159 Å². The highest BCUT2D eigenvalue weighted by molar-refractivity contribution is 6.30. The van der Waals surface area contributed by atoms with E-state index in [0.29, 0.717) is 46.8 Å². The largest absolute Gasteiger partial charge is 0.493 e. The Balaban J connectivity index is 1.28. The summed E-state index contributed by atoms with van der Waals surface area (Å²) < 4.78 is 17.5. The maximum atomic E-state index is 13.1. The lowest BCUT2D eigenvalue weighted by Gasteiger charge is -2.30. The van der Waals surface area contributed by atoms with Gasteiger partial charge in [0.15, 0.2) is 17.2 Å². The molecule has 13 nitrogen and oxygen atoms in total. The molecule has 1 saturated heterocycles. The minimum atomic E-state index is -0.530. The van der Waals surface area contributed by atoms with Gasteiger partial charge in [-0.3, -0.25) is 9.69 Å². The maximum absolute atomic E-state index is 13.1. The van der Waals surface area contributed by atoms with Gasteiger partial charge in [-0.25, -0.2) is 10.1 Å². The summed E-state index contributed by atoms with van der Waals surface area (Å²) in [6, 6.07) is 12.7. The average molecular weight is 580 g/mol. The number of halogens is 1. The predicted octanol–water partition coefficient (Wildman–Crippen LogP) is 3.47. The third kappa shape index (κ3) is 6.81. The summed E-state index contributed by atoms with van der Waals surface area (Å²) in [6.45, 7) is 4.79. The minimum Gasteiger partial charge on any atom is -0.493 e. The molecule has 3 heterocycles. The number of ether oxygens (including phenoxy) is 2. The lowest BCUT2D eigenvalue weighted by Crippen LogP contribution is -2.34. The van der Waals surface area contributed by atoms with E-state index in [9.17, 15) is 4.79 Å². The number of rotatable bonds is 10. The van der Waals surface area contributed by atoms with Crippen LogP contribution in [0.15, 0.2) is 52.2 Å². The zero-order valence-corrected chi connectivity index (χ0v) is 23.4. The first-order chi connectivity index (χ1) is 19.9. The van der Waals surface area contributed by atoms with Gasteiger partial charge in [-0.05, 0) is 83.6 Å². The number of hydrogen-bond donors (Lipinski definition) is 2.